The van der Waals surface area contributed by atoms with Gasteiger partial charge < -0.3 is 25.8 Å². The molecule has 0 saturated carbocycles. The molecule has 0 aliphatic heterocycles. The highest BCUT2D eigenvalue weighted by Crippen LogP contribution is 2.54. The molecule has 1 amide bonds. The minimum Gasteiger partial charge on any atom is -0.510 e. The number of aliphatic hydroxyl groups is 2. The van der Waals surface area contributed by atoms with Crippen molar-refractivity contribution < 1.29 is 34.5 Å². The number of phenols is 1. The number of primary amides is 1. The quantitative estimate of drug-likeness (QED) is 0.359. The lowest BCUT2D eigenvalue weighted by atomic mass is 9.58. The fourth-order valence-electron chi connectivity index (χ4n) is 6.19. The third-order valence-electron chi connectivity index (χ3n) is 7.78. The summed E-state index contributed by atoms with van der Waals surface area (Å²) in [6.45, 7) is 6.07. The number of aliphatic hydroxyl groups excluding tert-OH is 2. The van der Waals surface area contributed by atoms with E-state index in [1.807, 2.05) is 20.8 Å². The van der Waals surface area contributed by atoms with Crippen LogP contribution < -0.4 is 11.2 Å². The number of rotatable bonds is 6. The predicted molar refractivity (Wildman–Crippen MR) is 136 cm³/mol. The molecule has 37 heavy (non-hydrogen) atoms. The number of nitrogens with two attached hydrogens (primary N) is 1. The lowest BCUT2D eigenvalue weighted by Gasteiger charge is -2.53. The number of amides is 1. The average Bonchev–Trinajstić information content (AvgIpc) is 2.79. The molecule has 6 N–H and O–H groups in total. The summed E-state index contributed by atoms with van der Waals surface area (Å²) in [7, 11) is 4.94. The van der Waals surface area contributed by atoms with E-state index in [1.165, 1.54) is 13.2 Å². The fourth-order valence-corrected chi connectivity index (χ4v) is 6.19. The Labute approximate surface area is 216 Å². The summed E-state index contributed by atoms with van der Waals surface area (Å²) in [6.07, 6.45) is 0.630. The van der Waals surface area contributed by atoms with Gasteiger partial charge >= 0.3 is 0 Å². The number of benzene rings is 1. The van der Waals surface area contributed by atoms with Crippen molar-refractivity contribution in [3.05, 3.63) is 51.5 Å². The molecular formula is C27H37N3O7. The first kappa shape index (κ1) is 27.1. The van der Waals surface area contributed by atoms with Crippen LogP contribution in [0.4, 0.5) is 0 Å². The van der Waals surface area contributed by atoms with Crippen molar-refractivity contribution in [1.29, 1.82) is 0 Å². The monoisotopic (exact) mass is 515 g/mol. The number of ether oxygens (including phenoxy) is 1. The Kier molecular flexibility index (Phi) is 6.91. The molecule has 0 aromatic heterocycles. The number of carbonyl (C=O) groups is 2. The third kappa shape index (κ3) is 4.41. The highest BCUT2D eigenvalue weighted by Gasteiger charge is 2.59. The van der Waals surface area contributed by atoms with Gasteiger partial charge in [-0.1, -0.05) is 6.07 Å². The molecule has 4 rings (SSSR count). The zero-order valence-electron chi connectivity index (χ0n) is 22.2. The molecular weight excluding hydrogens is 478 g/mol. The van der Waals surface area contributed by atoms with Gasteiger partial charge in [0.15, 0.2) is 5.78 Å². The summed E-state index contributed by atoms with van der Waals surface area (Å²) in [5, 5.41) is 33.4. The number of fused-ring (bicyclic) bond motifs is 3. The van der Waals surface area contributed by atoms with Crippen LogP contribution in [0.2, 0.25) is 0 Å². The summed E-state index contributed by atoms with van der Waals surface area (Å²) in [5.74, 6) is -2.73. The first-order valence-electron chi connectivity index (χ1n) is 12.4. The first-order valence-corrected chi connectivity index (χ1v) is 12.4. The number of carbonyl (C=O) groups excluding carboxylic acids is 2. The predicted octanol–water partition coefficient (Wildman–Crippen LogP) is 2.42. The van der Waals surface area contributed by atoms with Crippen LogP contribution in [0.5, 0.6) is 5.75 Å². The molecule has 0 fully saturated rings. The molecule has 202 valence electrons. The van der Waals surface area contributed by atoms with Gasteiger partial charge in [-0.15, -0.1) is 0 Å². The molecule has 0 saturated heterocycles. The van der Waals surface area contributed by atoms with E-state index in [9.17, 15) is 24.9 Å². The van der Waals surface area contributed by atoms with Crippen molar-refractivity contribution in [2.75, 3.05) is 21.2 Å². The molecule has 3 aliphatic carbocycles. The Morgan fingerprint density at radius 2 is 1.92 bits per heavy atom. The number of aromatic hydroxyl groups is 1. The first-order chi connectivity index (χ1) is 17.2. The Morgan fingerprint density at radius 1 is 1.24 bits per heavy atom. The highest BCUT2D eigenvalue weighted by atomic mass is 16.7. The Balaban J connectivity index is 1.83. The van der Waals surface area contributed by atoms with Crippen molar-refractivity contribution in [2.24, 2.45) is 17.6 Å². The molecule has 3 aliphatic rings. The van der Waals surface area contributed by atoms with E-state index in [-0.39, 0.29) is 46.3 Å². The van der Waals surface area contributed by atoms with E-state index < -0.39 is 34.9 Å². The summed E-state index contributed by atoms with van der Waals surface area (Å²) >= 11 is 0. The fraction of sp³-hybridized carbons (Fsp3) is 0.556. The van der Waals surface area contributed by atoms with Crippen molar-refractivity contribution in [3.8, 4) is 5.75 Å². The number of phenolic OH excluding ortho intramolecular Hbond substituents is 1. The van der Waals surface area contributed by atoms with Gasteiger partial charge in [-0.2, -0.15) is 5.48 Å². The summed E-state index contributed by atoms with van der Waals surface area (Å²) < 4.78 is 5.90. The van der Waals surface area contributed by atoms with Crippen LogP contribution in [0.3, 0.4) is 0 Å². The van der Waals surface area contributed by atoms with Crippen molar-refractivity contribution in [2.45, 2.75) is 63.8 Å². The SMILES string of the molecule is CO[C@@]12CC(C(N)=O)=C(O)[C@@H](N(C)C)[C@@H]1C[C@@H]1Cc3c(CNOC(C)(C)C)ccc(O)c3C(=O)C1=C2O. The second-order valence-electron chi connectivity index (χ2n) is 11.4. The third-order valence-corrected chi connectivity index (χ3v) is 7.78. The number of hydroxylamine groups is 1. The van der Waals surface area contributed by atoms with Gasteiger partial charge in [0.1, 0.15) is 22.9 Å². The van der Waals surface area contributed by atoms with Crippen LogP contribution in [0.15, 0.2) is 34.8 Å². The molecule has 1 aromatic carbocycles. The minimum atomic E-state index is -1.43. The zero-order valence-corrected chi connectivity index (χ0v) is 22.2. The second kappa shape index (κ2) is 9.43. The molecule has 0 spiro atoms. The van der Waals surface area contributed by atoms with Gasteiger partial charge in [0.05, 0.1) is 22.8 Å². The number of hydrogen-bond donors (Lipinski definition) is 5. The van der Waals surface area contributed by atoms with E-state index >= 15 is 0 Å². The van der Waals surface area contributed by atoms with Crippen molar-refractivity contribution >= 4 is 11.7 Å². The van der Waals surface area contributed by atoms with Crippen LogP contribution in [0.1, 0.15) is 55.1 Å². The molecule has 0 heterocycles. The largest absolute Gasteiger partial charge is 0.510 e. The van der Waals surface area contributed by atoms with Crippen molar-refractivity contribution in [1.82, 2.24) is 10.4 Å². The molecule has 0 radical (unpaired) electrons. The Morgan fingerprint density at radius 3 is 2.49 bits per heavy atom. The summed E-state index contributed by atoms with van der Waals surface area (Å²) in [4.78, 5) is 33.5. The average molecular weight is 516 g/mol. The van der Waals surface area contributed by atoms with E-state index in [4.69, 9.17) is 15.3 Å². The summed E-state index contributed by atoms with van der Waals surface area (Å²) in [5.41, 5.74) is 8.45. The maximum absolute atomic E-state index is 13.8. The number of allylic oxidation sites excluding steroid dienone is 1. The standard InChI is InChI=1S/C27H37N3O7/c1-26(2,3)37-29-12-13-7-8-18(31)20-15(13)9-14-10-17-21(30(4)5)22(32)16(25(28)35)11-27(17,36-6)24(34)19(14)23(20)33/h7-8,14,17,21,29,31-32,34H,9-12H2,1-6H3,(H2,28,35)/t14-,17-,21-,27-/m0/s1. The van der Waals surface area contributed by atoms with Crippen LogP contribution in [-0.4, -0.2) is 70.4 Å². The Hall–Kier alpha value is -2.92. The highest BCUT2D eigenvalue weighted by molar-refractivity contribution is 6.13. The maximum Gasteiger partial charge on any atom is 0.248 e. The maximum atomic E-state index is 13.8. The zero-order chi connectivity index (χ0) is 27.4. The number of hydrogen-bond acceptors (Lipinski definition) is 9. The number of nitrogens with one attached hydrogen (secondary N) is 1. The van der Waals surface area contributed by atoms with Gasteiger partial charge in [0, 0.05) is 31.6 Å². The van der Waals surface area contributed by atoms with E-state index in [2.05, 4.69) is 5.48 Å². The van der Waals surface area contributed by atoms with E-state index in [1.54, 1.807) is 25.1 Å². The lowest BCUT2D eigenvalue weighted by molar-refractivity contribution is -0.121. The summed E-state index contributed by atoms with van der Waals surface area (Å²) in [6, 6.07) is 2.56. The number of nitrogens with zero attached hydrogens (tertiary/aromatic N) is 1. The molecule has 4 atom stereocenters. The number of Topliss-reactive ketones (excluding diaryl/α,β-unsaturated/α-hetero) is 1. The minimum absolute atomic E-state index is 0.0406. The van der Waals surface area contributed by atoms with E-state index in [0.29, 0.717) is 24.9 Å². The molecule has 1 aromatic rings. The number of likely N-dealkylation sites (N-methyl/N-ethyl adjacent to an activating group) is 1. The van der Waals surface area contributed by atoms with Crippen molar-refractivity contribution in [3.63, 3.8) is 0 Å². The lowest BCUT2D eigenvalue weighted by Crippen LogP contribution is -2.60. The topological polar surface area (TPSA) is 155 Å². The van der Waals surface area contributed by atoms with Gasteiger partial charge in [-0.05, 0) is 70.8 Å². The normalized spacial score (nSPS) is 27.8. The van der Waals surface area contributed by atoms with Crippen LogP contribution in [0, 0.1) is 11.8 Å². The number of methoxy groups -OCH3 is 1. The molecule has 0 bridgehead atoms. The van der Waals surface area contributed by atoms with Gasteiger partial charge in [-0.25, -0.2) is 0 Å². The smallest absolute Gasteiger partial charge is 0.248 e. The van der Waals surface area contributed by atoms with Crippen LogP contribution >= 0.6 is 0 Å². The van der Waals surface area contributed by atoms with Gasteiger partial charge in [0.25, 0.3) is 0 Å². The van der Waals surface area contributed by atoms with Gasteiger partial charge in [0.2, 0.25) is 5.91 Å². The van der Waals surface area contributed by atoms with E-state index in [0.717, 1.165) is 5.56 Å². The Bertz CT molecular complexity index is 1200. The van der Waals surface area contributed by atoms with Gasteiger partial charge in [-0.3, -0.25) is 19.3 Å². The second-order valence-corrected chi connectivity index (χ2v) is 11.4. The molecule has 0 unspecified atom stereocenters. The number of ketones is 1. The van der Waals surface area contributed by atoms with Crippen LogP contribution in [-0.2, 0) is 27.3 Å². The van der Waals surface area contributed by atoms with Crippen LogP contribution in [0.25, 0.3) is 0 Å². The molecule has 10 heteroatoms. The molecule has 10 nitrogen and oxygen atoms in total.